The third-order valence-electron chi connectivity index (χ3n) is 2.92. The molecular weight excluding hydrogens is 258 g/mol. The summed E-state index contributed by atoms with van der Waals surface area (Å²) in [6, 6.07) is -0.121. The summed E-state index contributed by atoms with van der Waals surface area (Å²) in [6.45, 7) is 2.33. The number of aryl methyl sites for hydroxylation is 1. The molecule has 7 nitrogen and oxygen atoms in total. The number of sulfonamides is 1. The van der Waals surface area contributed by atoms with Gasteiger partial charge in [-0.25, -0.2) is 13.1 Å². The Balaban J connectivity index is 2.21. The standard InChI is InChI=1S/C10H17N3O4S/c1-7-10(9(6-14)12-11-7)18(15,16)13-8-2-4-17-5-3-8/h8,13-14H,2-6H2,1H3,(H,11,12). The van der Waals surface area contributed by atoms with Gasteiger partial charge in [-0.2, -0.15) is 5.10 Å². The van der Waals surface area contributed by atoms with Crippen LogP contribution >= 0.6 is 0 Å². The molecule has 0 amide bonds. The second-order valence-corrected chi connectivity index (χ2v) is 5.94. The lowest BCUT2D eigenvalue weighted by Crippen LogP contribution is -2.39. The summed E-state index contributed by atoms with van der Waals surface area (Å²) in [5.74, 6) is 0. The molecule has 3 N–H and O–H groups in total. The Morgan fingerprint density at radius 1 is 1.50 bits per heavy atom. The first-order valence-electron chi connectivity index (χ1n) is 5.79. The minimum atomic E-state index is -3.65. The van der Waals surface area contributed by atoms with Crippen LogP contribution in [0.2, 0.25) is 0 Å². The first kappa shape index (κ1) is 13.5. The summed E-state index contributed by atoms with van der Waals surface area (Å²) in [7, 11) is -3.65. The molecule has 1 aromatic rings. The molecule has 8 heteroatoms. The van der Waals surface area contributed by atoms with Crippen molar-refractivity contribution in [3.05, 3.63) is 11.4 Å². The average Bonchev–Trinajstić information content (AvgIpc) is 2.72. The van der Waals surface area contributed by atoms with Crippen molar-refractivity contribution < 1.29 is 18.3 Å². The molecule has 0 radical (unpaired) electrons. The maximum Gasteiger partial charge on any atom is 0.244 e. The summed E-state index contributed by atoms with van der Waals surface area (Å²) < 4.78 is 32.3. The van der Waals surface area contributed by atoms with Crippen molar-refractivity contribution in [3.8, 4) is 0 Å². The van der Waals surface area contributed by atoms with Gasteiger partial charge in [0.2, 0.25) is 10.0 Å². The normalized spacial score (nSPS) is 18.1. The van der Waals surface area contributed by atoms with Crippen LogP contribution in [0.4, 0.5) is 0 Å². The lowest BCUT2D eigenvalue weighted by molar-refractivity contribution is 0.0832. The van der Waals surface area contributed by atoms with Gasteiger partial charge >= 0.3 is 0 Å². The van der Waals surface area contributed by atoms with Crippen LogP contribution in [0, 0.1) is 6.92 Å². The first-order chi connectivity index (χ1) is 8.54. The highest BCUT2D eigenvalue weighted by atomic mass is 32.2. The molecule has 102 valence electrons. The molecule has 0 bridgehead atoms. The van der Waals surface area contributed by atoms with Gasteiger partial charge in [-0.3, -0.25) is 5.10 Å². The minimum absolute atomic E-state index is 0.0523. The van der Waals surface area contributed by atoms with Crippen molar-refractivity contribution in [2.45, 2.75) is 37.3 Å². The number of hydrogen-bond acceptors (Lipinski definition) is 5. The van der Waals surface area contributed by atoms with E-state index in [1.807, 2.05) is 0 Å². The number of hydrogen-bond donors (Lipinski definition) is 3. The molecule has 0 aliphatic carbocycles. The van der Waals surface area contributed by atoms with Crippen LogP contribution in [0.3, 0.4) is 0 Å². The minimum Gasteiger partial charge on any atom is -0.390 e. The monoisotopic (exact) mass is 275 g/mol. The van der Waals surface area contributed by atoms with Gasteiger partial charge in [-0.05, 0) is 19.8 Å². The maximum absolute atomic E-state index is 12.2. The summed E-state index contributed by atoms with van der Waals surface area (Å²) in [6.07, 6.45) is 1.31. The highest BCUT2D eigenvalue weighted by Crippen LogP contribution is 2.19. The van der Waals surface area contributed by atoms with Gasteiger partial charge in [0, 0.05) is 19.3 Å². The fourth-order valence-corrected chi connectivity index (χ4v) is 3.69. The highest BCUT2D eigenvalue weighted by molar-refractivity contribution is 7.89. The first-order valence-corrected chi connectivity index (χ1v) is 7.27. The lowest BCUT2D eigenvalue weighted by Gasteiger charge is -2.23. The number of aliphatic hydroxyl groups excluding tert-OH is 1. The van der Waals surface area contributed by atoms with E-state index in [-0.39, 0.29) is 16.6 Å². The smallest absolute Gasteiger partial charge is 0.244 e. The second-order valence-electron chi connectivity index (χ2n) is 4.29. The molecule has 0 unspecified atom stereocenters. The topological polar surface area (TPSA) is 104 Å². The fourth-order valence-electron chi connectivity index (χ4n) is 2.03. The summed E-state index contributed by atoms with van der Waals surface area (Å²) >= 11 is 0. The molecule has 1 aromatic heterocycles. The predicted molar refractivity (Wildman–Crippen MR) is 63.4 cm³/mol. The van der Waals surface area contributed by atoms with E-state index in [2.05, 4.69) is 14.9 Å². The van der Waals surface area contributed by atoms with E-state index in [1.165, 1.54) is 0 Å². The number of aromatic nitrogens is 2. The molecule has 18 heavy (non-hydrogen) atoms. The zero-order valence-corrected chi connectivity index (χ0v) is 11.0. The van der Waals surface area contributed by atoms with Crippen molar-refractivity contribution in [3.63, 3.8) is 0 Å². The number of nitrogens with one attached hydrogen (secondary N) is 2. The Bertz CT molecular complexity index is 505. The van der Waals surface area contributed by atoms with E-state index in [0.717, 1.165) is 0 Å². The number of aliphatic hydroxyl groups is 1. The summed E-state index contributed by atoms with van der Waals surface area (Å²) in [5.41, 5.74) is 0.575. The van der Waals surface area contributed by atoms with Gasteiger partial charge in [0.1, 0.15) is 10.6 Å². The SMILES string of the molecule is Cc1[nH]nc(CO)c1S(=O)(=O)NC1CCOCC1. The number of aromatic amines is 1. The van der Waals surface area contributed by atoms with Crippen molar-refractivity contribution in [1.82, 2.24) is 14.9 Å². The van der Waals surface area contributed by atoms with E-state index in [4.69, 9.17) is 9.84 Å². The molecule has 2 rings (SSSR count). The summed E-state index contributed by atoms with van der Waals surface area (Å²) in [5, 5.41) is 15.5. The molecule has 1 fully saturated rings. The van der Waals surface area contributed by atoms with Crippen LogP contribution in [-0.4, -0.2) is 43.0 Å². The Morgan fingerprint density at radius 3 is 2.78 bits per heavy atom. The quantitative estimate of drug-likeness (QED) is 0.698. The Labute approximate surface area is 106 Å². The maximum atomic E-state index is 12.2. The summed E-state index contributed by atoms with van der Waals surface area (Å²) in [4.78, 5) is 0.0523. The van der Waals surface area contributed by atoms with Crippen LogP contribution in [0.15, 0.2) is 4.90 Å². The van der Waals surface area contributed by atoms with E-state index in [9.17, 15) is 8.42 Å². The molecule has 0 aromatic carbocycles. The Hall–Kier alpha value is -0.960. The number of nitrogens with zero attached hydrogens (tertiary/aromatic N) is 1. The molecule has 1 aliphatic heterocycles. The second kappa shape index (κ2) is 5.35. The molecule has 2 heterocycles. The number of rotatable bonds is 4. The van der Waals surface area contributed by atoms with Crippen molar-refractivity contribution >= 4 is 10.0 Å². The third kappa shape index (κ3) is 2.72. The van der Waals surface area contributed by atoms with Crippen molar-refractivity contribution in [2.24, 2.45) is 0 Å². The van der Waals surface area contributed by atoms with Crippen LogP contribution in [0.25, 0.3) is 0 Å². The van der Waals surface area contributed by atoms with Gasteiger partial charge in [0.15, 0.2) is 0 Å². The fraction of sp³-hybridized carbons (Fsp3) is 0.700. The molecule has 0 spiro atoms. The zero-order chi connectivity index (χ0) is 13.2. The van der Waals surface area contributed by atoms with E-state index in [1.54, 1.807) is 6.92 Å². The Kier molecular flexibility index (Phi) is 4.00. The number of ether oxygens (including phenoxy) is 1. The van der Waals surface area contributed by atoms with E-state index >= 15 is 0 Å². The van der Waals surface area contributed by atoms with E-state index in [0.29, 0.717) is 31.7 Å². The van der Waals surface area contributed by atoms with Gasteiger partial charge in [0.25, 0.3) is 0 Å². The largest absolute Gasteiger partial charge is 0.390 e. The van der Waals surface area contributed by atoms with Gasteiger partial charge in [0.05, 0.1) is 12.3 Å². The van der Waals surface area contributed by atoms with Crippen LogP contribution < -0.4 is 4.72 Å². The lowest BCUT2D eigenvalue weighted by atomic mass is 10.1. The van der Waals surface area contributed by atoms with Crippen molar-refractivity contribution in [1.29, 1.82) is 0 Å². The molecule has 0 saturated carbocycles. The zero-order valence-electron chi connectivity index (χ0n) is 10.1. The highest BCUT2D eigenvalue weighted by Gasteiger charge is 2.27. The van der Waals surface area contributed by atoms with Gasteiger partial charge in [-0.1, -0.05) is 0 Å². The van der Waals surface area contributed by atoms with Crippen molar-refractivity contribution in [2.75, 3.05) is 13.2 Å². The van der Waals surface area contributed by atoms with E-state index < -0.39 is 16.6 Å². The number of H-pyrrole nitrogens is 1. The molecule has 0 atom stereocenters. The molecule has 1 saturated heterocycles. The third-order valence-corrected chi connectivity index (χ3v) is 4.65. The van der Waals surface area contributed by atoms with Crippen LogP contribution in [0.1, 0.15) is 24.2 Å². The average molecular weight is 275 g/mol. The van der Waals surface area contributed by atoms with Crippen LogP contribution in [-0.2, 0) is 21.4 Å². The predicted octanol–water partition coefficient (Wildman–Crippen LogP) is -0.332. The van der Waals surface area contributed by atoms with Crippen LogP contribution in [0.5, 0.6) is 0 Å². The Morgan fingerprint density at radius 2 is 2.17 bits per heavy atom. The van der Waals surface area contributed by atoms with Gasteiger partial charge in [-0.15, -0.1) is 0 Å². The molecule has 1 aliphatic rings. The molecular formula is C10H17N3O4S. The van der Waals surface area contributed by atoms with Gasteiger partial charge < -0.3 is 9.84 Å².